The first-order valence-electron chi connectivity index (χ1n) is 16.6. The third-order valence-corrected chi connectivity index (χ3v) is 8.98. The second kappa shape index (κ2) is 17.2. The van der Waals surface area contributed by atoms with Crippen molar-refractivity contribution in [1.82, 2.24) is 4.90 Å². The highest BCUT2D eigenvalue weighted by molar-refractivity contribution is 5.85. The maximum atomic E-state index is 13.5. The van der Waals surface area contributed by atoms with E-state index in [1.165, 1.54) is 23.1 Å². The minimum absolute atomic E-state index is 0.0355. The Labute approximate surface area is 288 Å². The first kappa shape index (κ1) is 35.0. The van der Waals surface area contributed by atoms with Gasteiger partial charge < -0.3 is 18.9 Å². The first-order chi connectivity index (χ1) is 23.9. The summed E-state index contributed by atoms with van der Waals surface area (Å²) in [5, 5.41) is 0. The molecule has 254 valence electrons. The van der Waals surface area contributed by atoms with E-state index in [9.17, 15) is 14.4 Å². The van der Waals surface area contributed by atoms with Crippen LogP contribution in [0.15, 0.2) is 122 Å². The van der Waals surface area contributed by atoms with Gasteiger partial charge in [0, 0.05) is 24.3 Å². The van der Waals surface area contributed by atoms with Crippen LogP contribution in [-0.2, 0) is 30.4 Å². The SMILES string of the molecule is C=C(c1cccc(OCCC(c2ccccc2)c2ccccc2)c1)[C@H]1CN(C(=O)OCc2ccccc2)[C@H](C(=O)OCC)[C@H]1CC(=O)OC. The molecule has 5 rings (SSSR count). The van der Waals surface area contributed by atoms with Crippen molar-refractivity contribution in [3.05, 3.63) is 144 Å². The Kier molecular flexibility index (Phi) is 12.2. The van der Waals surface area contributed by atoms with E-state index in [4.69, 9.17) is 18.9 Å². The largest absolute Gasteiger partial charge is 0.494 e. The number of ether oxygens (including phenoxy) is 4. The Bertz CT molecular complexity index is 1650. The van der Waals surface area contributed by atoms with Crippen LogP contribution >= 0.6 is 0 Å². The highest BCUT2D eigenvalue weighted by Crippen LogP contribution is 2.42. The van der Waals surface area contributed by atoms with Crippen LogP contribution in [0.4, 0.5) is 4.79 Å². The molecule has 8 nitrogen and oxygen atoms in total. The van der Waals surface area contributed by atoms with Gasteiger partial charge in [-0.05, 0) is 53.3 Å². The standard InChI is InChI=1S/C41H43NO7/c1-4-47-40(44)39-36(26-38(43)46-3)37(27-42(39)41(45)49-28-30-15-8-5-9-16-30)29(2)33-21-14-22-34(25-33)48-24-23-35(31-17-10-6-11-18-31)32-19-12-7-13-20-32/h5-22,25,35-37,39H,2,4,23-24,26-28H2,1,3H3/t36-,37+,39-/m0/s1. The van der Waals surface area contributed by atoms with Crippen LogP contribution < -0.4 is 4.74 Å². The highest BCUT2D eigenvalue weighted by Gasteiger charge is 2.51. The van der Waals surface area contributed by atoms with Gasteiger partial charge in [-0.1, -0.05) is 110 Å². The lowest BCUT2D eigenvalue weighted by Crippen LogP contribution is -2.45. The van der Waals surface area contributed by atoms with Crippen molar-refractivity contribution in [2.24, 2.45) is 11.8 Å². The van der Waals surface area contributed by atoms with Crippen molar-refractivity contribution in [3.63, 3.8) is 0 Å². The average molecular weight is 662 g/mol. The summed E-state index contributed by atoms with van der Waals surface area (Å²) < 4.78 is 22.3. The van der Waals surface area contributed by atoms with Gasteiger partial charge >= 0.3 is 18.0 Å². The molecule has 4 aromatic carbocycles. The minimum atomic E-state index is -1.06. The van der Waals surface area contributed by atoms with Gasteiger partial charge in [0.05, 0.1) is 26.7 Å². The molecule has 0 saturated carbocycles. The molecule has 1 aliphatic rings. The maximum absolute atomic E-state index is 13.5. The molecule has 0 unspecified atom stereocenters. The third-order valence-electron chi connectivity index (χ3n) is 8.98. The summed E-state index contributed by atoms with van der Waals surface area (Å²) in [4.78, 5) is 40.9. The summed E-state index contributed by atoms with van der Waals surface area (Å²) in [5.41, 5.74) is 4.70. The summed E-state index contributed by atoms with van der Waals surface area (Å²) in [6.07, 6.45) is -0.0111. The van der Waals surface area contributed by atoms with Crippen molar-refractivity contribution in [3.8, 4) is 5.75 Å². The number of carbonyl (C=O) groups excluding carboxylic acids is 3. The van der Waals surface area contributed by atoms with Gasteiger partial charge in [-0.3, -0.25) is 9.69 Å². The Morgan fingerprint density at radius 2 is 1.47 bits per heavy atom. The third kappa shape index (κ3) is 8.96. The fourth-order valence-corrected chi connectivity index (χ4v) is 6.52. The lowest BCUT2D eigenvalue weighted by molar-refractivity contribution is -0.150. The molecule has 1 heterocycles. The van der Waals surface area contributed by atoms with Gasteiger partial charge in [-0.15, -0.1) is 0 Å². The summed E-state index contributed by atoms with van der Waals surface area (Å²) in [6.45, 7) is 6.85. The Morgan fingerprint density at radius 3 is 2.08 bits per heavy atom. The van der Waals surface area contributed by atoms with E-state index in [1.54, 1.807) is 6.92 Å². The molecule has 3 atom stereocenters. The average Bonchev–Trinajstić information content (AvgIpc) is 3.52. The number of amides is 1. The quantitative estimate of drug-likeness (QED) is 0.101. The van der Waals surface area contributed by atoms with Gasteiger partial charge in [0.15, 0.2) is 0 Å². The maximum Gasteiger partial charge on any atom is 0.410 e. The zero-order chi connectivity index (χ0) is 34.6. The van der Waals surface area contributed by atoms with Gasteiger partial charge in [0.1, 0.15) is 18.4 Å². The molecule has 0 N–H and O–H groups in total. The van der Waals surface area contributed by atoms with E-state index in [2.05, 4.69) is 30.8 Å². The molecule has 0 bridgehead atoms. The van der Waals surface area contributed by atoms with Crippen LogP contribution in [0.2, 0.25) is 0 Å². The smallest absolute Gasteiger partial charge is 0.410 e. The van der Waals surface area contributed by atoms with Crippen molar-refractivity contribution < 1.29 is 33.3 Å². The predicted molar refractivity (Wildman–Crippen MR) is 188 cm³/mol. The number of rotatable bonds is 14. The van der Waals surface area contributed by atoms with Crippen LogP contribution in [0.25, 0.3) is 5.57 Å². The molecule has 0 aromatic heterocycles. The zero-order valence-corrected chi connectivity index (χ0v) is 28.0. The van der Waals surface area contributed by atoms with E-state index in [1.807, 2.05) is 91.0 Å². The molecule has 0 aliphatic carbocycles. The Morgan fingerprint density at radius 1 is 0.837 bits per heavy atom. The monoisotopic (exact) mass is 661 g/mol. The van der Waals surface area contributed by atoms with Crippen LogP contribution in [0.1, 0.15) is 47.9 Å². The molecule has 1 aliphatic heterocycles. The number of carbonyl (C=O) groups is 3. The van der Waals surface area contributed by atoms with E-state index < -0.39 is 35.9 Å². The van der Waals surface area contributed by atoms with Gasteiger partial charge in [0.25, 0.3) is 0 Å². The molecular formula is C41H43NO7. The van der Waals surface area contributed by atoms with Gasteiger partial charge in [0.2, 0.25) is 0 Å². The van der Waals surface area contributed by atoms with Crippen molar-refractivity contribution in [2.45, 2.75) is 38.3 Å². The lowest BCUT2D eigenvalue weighted by atomic mass is 9.81. The molecule has 1 saturated heterocycles. The number of hydrogen-bond acceptors (Lipinski definition) is 7. The second-order valence-corrected chi connectivity index (χ2v) is 12.0. The van der Waals surface area contributed by atoms with Crippen molar-refractivity contribution >= 4 is 23.6 Å². The minimum Gasteiger partial charge on any atom is -0.494 e. The number of esters is 2. The zero-order valence-electron chi connectivity index (χ0n) is 28.0. The number of benzene rings is 4. The molecule has 0 spiro atoms. The molecule has 49 heavy (non-hydrogen) atoms. The number of likely N-dealkylation sites (tertiary alicyclic amines) is 1. The van der Waals surface area contributed by atoms with Crippen LogP contribution in [-0.4, -0.2) is 55.8 Å². The highest BCUT2D eigenvalue weighted by atomic mass is 16.6. The Hall–Kier alpha value is -5.37. The molecule has 4 aromatic rings. The first-order valence-corrected chi connectivity index (χ1v) is 16.6. The Balaban J connectivity index is 1.34. The molecule has 1 fully saturated rings. The fraction of sp³-hybridized carbons (Fsp3) is 0.293. The van der Waals surface area contributed by atoms with Gasteiger partial charge in [-0.25, -0.2) is 9.59 Å². The van der Waals surface area contributed by atoms with E-state index in [-0.39, 0.29) is 32.1 Å². The topological polar surface area (TPSA) is 91.4 Å². The number of nitrogens with zero attached hydrogens (tertiary/aromatic N) is 1. The fourth-order valence-electron chi connectivity index (χ4n) is 6.52. The van der Waals surface area contributed by atoms with E-state index in [0.29, 0.717) is 17.9 Å². The lowest BCUT2D eigenvalue weighted by Gasteiger charge is -2.26. The molecular weight excluding hydrogens is 618 g/mol. The van der Waals surface area contributed by atoms with Crippen molar-refractivity contribution in [1.29, 1.82) is 0 Å². The predicted octanol–water partition coefficient (Wildman–Crippen LogP) is 7.68. The molecule has 8 heteroatoms. The molecule has 1 amide bonds. The van der Waals surface area contributed by atoms with Gasteiger partial charge in [-0.2, -0.15) is 0 Å². The number of hydrogen-bond donors (Lipinski definition) is 0. The van der Waals surface area contributed by atoms with Crippen molar-refractivity contribution in [2.75, 3.05) is 26.9 Å². The summed E-state index contributed by atoms with van der Waals surface area (Å²) in [7, 11) is 1.30. The van der Waals surface area contributed by atoms with E-state index >= 15 is 0 Å². The second-order valence-electron chi connectivity index (χ2n) is 12.0. The molecule has 0 radical (unpaired) electrons. The van der Waals surface area contributed by atoms with E-state index in [0.717, 1.165) is 17.5 Å². The van der Waals surface area contributed by atoms with Crippen LogP contribution in [0.3, 0.4) is 0 Å². The van der Waals surface area contributed by atoms with Crippen LogP contribution in [0, 0.1) is 11.8 Å². The van der Waals surface area contributed by atoms with Crippen LogP contribution in [0.5, 0.6) is 5.75 Å². The summed E-state index contributed by atoms with van der Waals surface area (Å²) in [5.74, 6) is -1.38. The number of methoxy groups -OCH3 is 1. The summed E-state index contributed by atoms with van der Waals surface area (Å²) in [6, 6.07) is 36.6. The summed E-state index contributed by atoms with van der Waals surface area (Å²) >= 11 is 0. The normalized spacial score (nSPS) is 17.0.